The van der Waals surface area contributed by atoms with Gasteiger partial charge in [-0.15, -0.1) is 5.10 Å². The smallest absolute Gasteiger partial charge is 0.200 e. The van der Waals surface area contributed by atoms with Gasteiger partial charge < -0.3 is 0 Å². The largest absolute Gasteiger partial charge is 0.249 e. The summed E-state index contributed by atoms with van der Waals surface area (Å²) in [5, 5.41) is 4.67. The molecule has 20 heavy (non-hydrogen) atoms. The van der Waals surface area contributed by atoms with Crippen LogP contribution in [0, 0.1) is 0 Å². The number of pyridine rings is 1. The average Bonchev–Trinajstić information content (AvgIpc) is 2.83. The lowest BCUT2D eigenvalue weighted by Gasteiger charge is -2.20. The van der Waals surface area contributed by atoms with Gasteiger partial charge in [0.25, 0.3) is 0 Å². The highest BCUT2D eigenvalue weighted by Crippen LogP contribution is 2.20. The van der Waals surface area contributed by atoms with Crippen LogP contribution in [0.4, 0.5) is 0 Å². The molecule has 0 aliphatic heterocycles. The van der Waals surface area contributed by atoms with Gasteiger partial charge in [-0.3, -0.25) is 0 Å². The molecule has 0 fully saturated rings. The highest BCUT2D eigenvalue weighted by molar-refractivity contribution is 5.48. The minimum absolute atomic E-state index is 0.0579. The number of nitrogens with zero attached hydrogens (tertiary/aromatic N) is 4. The van der Waals surface area contributed by atoms with Crippen molar-refractivity contribution in [3.63, 3.8) is 0 Å². The predicted octanol–water partition coefficient (Wildman–Crippen LogP) is 3.61. The molecule has 0 amide bonds. The first-order valence-corrected chi connectivity index (χ1v) is 7.38. The summed E-state index contributed by atoms with van der Waals surface area (Å²) >= 11 is 0. The fraction of sp³-hybridized carbons (Fsp3) is 0.562. The molecular formula is C16H24N4. The first-order chi connectivity index (χ1) is 9.45. The van der Waals surface area contributed by atoms with E-state index in [0.717, 1.165) is 42.3 Å². The molecule has 2 heterocycles. The van der Waals surface area contributed by atoms with Crippen molar-refractivity contribution in [1.82, 2.24) is 19.7 Å². The van der Waals surface area contributed by atoms with Crippen molar-refractivity contribution in [1.29, 1.82) is 0 Å². The minimum Gasteiger partial charge on any atom is -0.249 e. The Hall–Kier alpha value is -1.71. The Morgan fingerprint density at radius 2 is 1.85 bits per heavy atom. The van der Waals surface area contributed by atoms with Crippen LogP contribution in [-0.2, 0) is 18.4 Å². The van der Waals surface area contributed by atoms with E-state index < -0.39 is 0 Å². The van der Waals surface area contributed by atoms with E-state index in [0.29, 0.717) is 0 Å². The number of rotatable bonds is 4. The molecular weight excluding hydrogens is 248 g/mol. The summed E-state index contributed by atoms with van der Waals surface area (Å²) in [6.07, 6.45) is 2.97. The van der Waals surface area contributed by atoms with E-state index in [1.807, 2.05) is 16.8 Å². The molecule has 0 unspecified atom stereocenters. The monoisotopic (exact) mass is 272 g/mol. The molecule has 0 N–H and O–H groups in total. The molecule has 2 rings (SSSR count). The Labute approximate surface area is 121 Å². The summed E-state index contributed by atoms with van der Waals surface area (Å²) < 4.78 is 2.01. The maximum atomic E-state index is 4.67. The van der Waals surface area contributed by atoms with E-state index in [-0.39, 0.29) is 5.54 Å². The van der Waals surface area contributed by atoms with Gasteiger partial charge in [0.1, 0.15) is 11.5 Å². The lowest BCUT2D eigenvalue weighted by atomic mass is 10.1. The molecule has 0 saturated carbocycles. The van der Waals surface area contributed by atoms with Gasteiger partial charge in [0.05, 0.1) is 5.54 Å². The summed E-state index contributed by atoms with van der Waals surface area (Å²) in [4.78, 5) is 9.32. The Bertz CT molecular complexity index is 578. The standard InChI is InChI=1S/C16H24N4/c1-6-9-12-10-8-11-13(17-12)15-18-14(7-2)20(19-15)16(3,4)5/h8,10-11H,6-7,9H2,1-5H3. The zero-order valence-corrected chi connectivity index (χ0v) is 13.1. The highest BCUT2D eigenvalue weighted by Gasteiger charge is 2.21. The van der Waals surface area contributed by atoms with E-state index in [2.05, 4.69) is 55.8 Å². The van der Waals surface area contributed by atoms with Gasteiger partial charge in [0.15, 0.2) is 5.82 Å². The van der Waals surface area contributed by atoms with Gasteiger partial charge >= 0.3 is 0 Å². The lowest BCUT2D eigenvalue weighted by molar-refractivity contribution is 0.343. The van der Waals surface area contributed by atoms with Gasteiger partial charge in [0.2, 0.25) is 0 Å². The van der Waals surface area contributed by atoms with Crippen LogP contribution >= 0.6 is 0 Å². The molecule has 0 aliphatic carbocycles. The summed E-state index contributed by atoms with van der Waals surface area (Å²) in [6.45, 7) is 10.7. The second-order valence-electron chi connectivity index (χ2n) is 6.05. The van der Waals surface area contributed by atoms with Crippen LogP contribution in [0.2, 0.25) is 0 Å². The van der Waals surface area contributed by atoms with Gasteiger partial charge in [-0.1, -0.05) is 26.3 Å². The van der Waals surface area contributed by atoms with Crippen LogP contribution < -0.4 is 0 Å². The molecule has 0 atom stereocenters. The van der Waals surface area contributed by atoms with E-state index >= 15 is 0 Å². The third-order valence-corrected chi connectivity index (χ3v) is 3.17. The Morgan fingerprint density at radius 3 is 2.40 bits per heavy atom. The molecule has 0 spiro atoms. The molecule has 0 bridgehead atoms. The molecule has 4 nitrogen and oxygen atoms in total. The van der Waals surface area contributed by atoms with Crippen molar-refractivity contribution < 1.29 is 0 Å². The Balaban J connectivity index is 2.43. The SMILES string of the molecule is CCCc1cccc(-c2nc(CC)n(C(C)(C)C)n2)n1. The molecule has 2 aromatic heterocycles. The van der Waals surface area contributed by atoms with E-state index in [1.54, 1.807) is 0 Å². The first-order valence-electron chi connectivity index (χ1n) is 7.38. The molecule has 0 radical (unpaired) electrons. The van der Waals surface area contributed by atoms with E-state index in [1.165, 1.54) is 0 Å². The fourth-order valence-corrected chi connectivity index (χ4v) is 2.22. The number of hydrogen-bond donors (Lipinski definition) is 0. The fourth-order valence-electron chi connectivity index (χ4n) is 2.22. The van der Waals surface area contributed by atoms with Crippen LogP contribution in [0.5, 0.6) is 0 Å². The molecule has 108 valence electrons. The second-order valence-corrected chi connectivity index (χ2v) is 6.05. The number of hydrogen-bond acceptors (Lipinski definition) is 3. The second kappa shape index (κ2) is 5.73. The maximum Gasteiger partial charge on any atom is 0.200 e. The first kappa shape index (κ1) is 14.7. The van der Waals surface area contributed by atoms with Crippen molar-refractivity contribution in [2.75, 3.05) is 0 Å². The van der Waals surface area contributed by atoms with E-state index in [9.17, 15) is 0 Å². The normalized spacial score (nSPS) is 11.8. The van der Waals surface area contributed by atoms with Gasteiger partial charge in [0, 0.05) is 12.1 Å². The predicted molar refractivity (Wildman–Crippen MR) is 81.6 cm³/mol. The van der Waals surface area contributed by atoms with Crippen molar-refractivity contribution in [2.45, 2.75) is 59.4 Å². The maximum absolute atomic E-state index is 4.67. The van der Waals surface area contributed by atoms with Crippen molar-refractivity contribution >= 4 is 0 Å². The van der Waals surface area contributed by atoms with Crippen molar-refractivity contribution in [2.24, 2.45) is 0 Å². The Kier molecular flexibility index (Phi) is 4.21. The van der Waals surface area contributed by atoms with Gasteiger partial charge in [-0.25, -0.2) is 14.6 Å². The Morgan fingerprint density at radius 1 is 1.10 bits per heavy atom. The zero-order chi connectivity index (χ0) is 14.8. The zero-order valence-electron chi connectivity index (χ0n) is 13.1. The topological polar surface area (TPSA) is 43.6 Å². The van der Waals surface area contributed by atoms with Crippen LogP contribution in [0.15, 0.2) is 18.2 Å². The quantitative estimate of drug-likeness (QED) is 0.854. The lowest BCUT2D eigenvalue weighted by Crippen LogP contribution is -2.25. The third-order valence-electron chi connectivity index (χ3n) is 3.17. The van der Waals surface area contributed by atoms with E-state index in [4.69, 9.17) is 0 Å². The summed E-state index contributed by atoms with van der Waals surface area (Å²) in [5.41, 5.74) is 1.92. The minimum atomic E-state index is -0.0579. The third kappa shape index (κ3) is 3.06. The number of aromatic nitrogens is 4. The molecule has 0 aliphatic rings. The number of aryl methyl sites for hydroxylation is 2. The molecule has 0 saturated heterocycles. The van der Waals surface area contributed by atoms with Crippen molar-refractivity contribution in [3.05, 3.63) is 29.7 Å². The van der Waals surface area contributed by atoms with Crippen LogP contribution in [0.3, 0.4) is 0 Å². The molecule has 4 heteroatoms. The van der Waals surface area contributed by atoms with Crippen LogP contribution in [-0.4, -0.2) is 19.7 Å². The van der Waals surface area contributed by atoms with Gasteiger partial charge in [-0.2, -0.15) is 0 Å². The van der Waals surface area contributed by atoms with Crippen molar-refractivity contribution in [3.8, 4) is 11.5 Å². The summed E-state index contributed by atoms with van der Waals surface area (Å²) in [5.74, 6) is 1.74. The summed E-state index contributed by atoms with van der Waals surface area (Å²) in [6, 6.07) is 6.09. The van der Waals surface area contributed by atoms with Crippen LogP contribution in [0.25, 0.3) is 11.5 Å². The van der Waals surface area contributed by atoms with Crippen LogP contribution in [0.1, 0.15) is 52.6 Å². The van der Waals surface area contributed by atoms with Gasteiger partial charge in [-0.05, 0) is 39.3 Å². The summed E-state index contributed by atoms with van der Waals surface area (Å²) in [7, 11) is 0. The highest BCUT2D eigenvalue weighted by atomic mass is 15.4. The molecule has 0 aromatic carbocycles. The average molecular weight is 272 g/mol. The molecule has 2 aromatic rings.